The minimum absolute atomic E-state index is 0.115. The lowest BCUT2D eigenvalue weighted by atomic mass is 9.87. The first-order chi connectivity index (χ1) is 12.3. The monoisotopic (exact) mass is 383 g/mol. The molecule has 26 heavy (non-hydrogen) atoms. The summed E-state index contributed by atoms with van der Waals surface area (Å²) in [6, 6.07) is 3.27. The zero-order chi connectivity index (χ0) is 18.5. The van der Waals surface area contributed by atoms with Crippen LogP contribution in [-0.2, 0) is 0 Å². The SMILES string of the molecule is Cc1sc(C2CC2NC2CC(N)C2)cc1C(=O)NC1CCC(F)(F)CC1. The molecular formula is C19H27F2N3OS. The Morgan fingerprint density at radius 1 is 1.23 bits per heavy atom. The molecule has 4 N–H and O–H groups in total. The first-order valence-electron chi connectivity index (χ1n) is 9.61. The fourth-order valence-corrected chi connectivity index (χ4v) is 5.36. The largest absolute Gasteiger partial charge is 0.349 e. The molecule has 1 heterocycles. The number of hydrogen-bond acceptors (Lipinski definition) is 4. The van der Waals surface area contributed by atoms with Crippen LogP contribution in [-0.4, -0.2) is 36.0 Å². The molecule has 3 aliphatic carbocycles. The zero-order valence-corrected chi connectivity index (χ0v) is 15.9. The summed E-state index contributed by atoms with van der Waals surface area (Å²) >= 11 is 1.69. The van der Waals surface area contributed by atoms with Crippen LogP contribution in [0.1, 0.15) is 71.0 Å². The van der Waals surface area contributed by atoms with E-state index in [1.807, 2.05) is 13.0 Å². The molecule has 0 aliphatic heterocycles. The first kappa shape index (κ1) is 18.3. The average Bonchev–Trinajstić information content (AvgIpc) is 3.20. The van der Waals surface area contributed by atoms with E-state index in [2.05, 4.69) is 10.6 Å². The molecule has 0 spiro atoms. The Kier molecular flexibility index (Phi) is 4.82. The van der Waals surface area contributed by atoms with Crippen LogP contribution < -0.4 is 16.4 Å². The topological polar surface area (TPSA) is 67.1 Å². The van der Waals surface area contributed by atoms with Gasteiger partial charge in [-0.05, 0) is 45.1 Å². The van der Waals surface area contributed by atoms with Crippen LogP contribution in [0.3, 0.4) is 0 Å². The molecule has 4 nitrogen and oxygen atoms in total. The van der Waals surface area contributed by atoms with E-state index in [0.717, 1.165) is 24.1 Å². The van der Waals surface area contributed by atoms with E-state index in [0.29, 0.717) is 42.4 Å². The molecular weight excluding hydrogens is 356 g/mol. The molecule has 1 amide bonds. The number of halogens is 2. The van der Waals surface area contributed by atoms with Gasteiger partial charge in [-0.25, -0.2) is 8.78 Å². The molecule has 7 heteroatoms. The van der Waals surface area contributed by atoms with E-state index in [1.165, 1.54) is 4.88 Å². The van der Waals surface area contributed by atoms with Crippen molar-refractivity contribution in [3.05, 3.63) is 21.4 Å². The summed E-state index contributed by atoms with van der Waals surface area (Å²) in [7, 11) is 0. The third-order valence-electron chi connectivity index (χ3n) is 6.01. The normalized spacial score (nSPS) is 33.5. The molecule has 1 aromatic rings. The summed E-state index contributed by atoms with van der Waals surface area (Å²) in [5, 5.41) is 6.61. The first-order valence-corrected chi connectivity index (χ1v) is 10.4. The Bertz CT molecular complexity index is 676. The van der Waals surface area contributed by atoms with Gasteiger partial charge in [0.05, 0.1) is 5.56 Å². The van der Waals surface area contributed by atoms with Gasteiger partial charge < -0.3 is 16.4 Å². The Balaban J connectivity index is 1.31. The van der Waals surface area contributed by atoms with Gasteiger partial charge in [0.15, 0.2) is 0 Å². The lowest BCUT2D eigenvalue weighted by Crippen LogP contribution is -2.49. The van der Waals surface area contributed by atoms with Crippen molar-refractivity contribution in [3.8, 4) is 0 Å². The number of alkyl halides is 2. The van der Waals surface area contributed by atoms with E-state index < -0.39 is 5.92 Å². The molecule has 0 bridgehead atoms. The third-order valence-corrected chi connectivity index (χ3v) is 7.20. The maximum absolute atomic E-state index is 13.3. The lowest BCUT2D eigenvalue weighted by molar-refractivity contribution is -0.0399. The molecule has 0 saturated heterocycles. The molecule has 2 atom stereocenters. The second-order valence-electron chi connectivity index (χ2n) is 8.27. The van der Waals surface area contributed by atoms with Gasteiger partial charge in [0, 0.05) is 52.7 Å². The number of nitrogens with one attached hydrogen (secondary N) is 2. The maximum atomic E-state index is 13.3. The molecule has 144 valence electrons. The fraction of sp³-hybridized carbons (Fsp3) is 0.737. The summed E-state index contributed by atoms with van der Waals surface area (Å²) in [6.45, 7) is 1.97. The highest BCUT2D eigenvalue weighted by molar-refractivity contribution is 7.12. The van der Waals surface area contributed by atoms with Gasteiger partial charge >= 0.3 is 0 Å². The van der Waals surface area contributed by atoms with Crippen molar-refractivity contribution in [1.29, 1.82) is 0 Å². The highest BCUT2D eigenvalue weighted by Crippen LogP contribution is 2.45. The summed E-state index contributed by atoms with van der Waals surface area (Å²) in [6.07, 6.45) is 3.67. The van der Waals surface area contributed by atoms with Crippen LogP contribution in [0.15, 0.2) is 6.07 Å². The second kappa shape index (κ2) is 6.84. The Morgan fingerprint density at radius 3 is 2.58 bits per heavy atom. The van der Waals surface area contributed by atoms with Gasteiger partial charge in [0.1, 0.15) is 0 Å². The fourth-order valence-electron chi connectivity index (χ4n) is 4.16. The van der Waals surface area contributed by atoms with Gasteiger partial charge in [0.2, 0.25) is 5.92 Å². The van der Waals surface area contributed by atoms with Crippen LogP contribution in [0.2, 0.25) is 0 Å². The number of carbonyl (C=O) groups is 1. The van der Waals surface area contributed by atoms with E-state index in [-0.39, 0.29) is 24.8 Å². The molecule has 0 radical (unpaired) electrons. The molecule has 2 unspecified atom stereocenters. The van der Waals surface area contributed by atoms with E-state index in [9.17, 15) is 13.6 Å². The molecule has 4 rings (SSSR count). The second-order valence-corrected chi connectivity index (χ2v) is 9.55. The van der Waals surface area contributed by atoms with Crippen LogP contribution in [0.25, 0.3) is 0 Å². The quantitative estimate of drug-likeness (QED) is 0.731. The number of thiophene rings is 1. The highest BCUT2D eigenvalue weighted by atomic mass is 32.1. The van der Waals surface area contributed by atoms with Crippen molar-refractivity contribution in [2.75, 3.05) is 0 Å². The number of aryl methyl sites for hydroxylation is 1. The minimum Gasteiger partial charge on any atom is -0.349 e. The van der Waals surface area contributed by atoms with Crippen LogP contribution in [0.5, 0.6) is 0 Å². The lowest BCUT2D eigenvalue weighted by Gasteiger charge is -2.33. The summed E-state index contributed by atoms with van der Waals surface area (Å²) in [4.78, 5) is 14.8. The molecule has 1 aromatic heterocycles. The third kappa shape index (κ3) is 3.94. The summed E-state index contributed by atoms with van der Waals surface area (Å²) < 4.78 is 26.5. The number of nitrogens with two attached hydrogens (primary N) is 1. The Morgan fingerprint density at radius 2 is 1.92 bits per heavy atom. The number of rotatable bonds is 5. The van der Waals surface area contributed by atoms with Gasteiger partial charge in [-0.15, -0.1) is 11.3 Å². The summed E-state index contributed by atoms with van der Waals surface area (Å²) in [5.74, 6) is -2.19. The van der Waals surface area contributed by atoms with Gasteiger partial charge in [-0.1, -0.05) is 0 Å². The predicted molar refractivity (Wildman–Crippen MR) is 99.0 cm³/mol. The molecule has 3 fully saturated rings. The van der Waals surface area contributed by atoms with Crippen molar-refractivity contribution in [3.63, 3.8) is 0 Å². The maximum Gasteiger partial charge on any atom is 0.252 e. The molecule has 0 aromatic carbocycles. The van der Waals surface area contributed by atoms with Gasteiger partial charge in [0.25, 0.3) is 5.91 Å². The Labute approximate surface area is 156 Å². The highest BCUT2D eigenvalue weighted by Gasteiger charge is 2.43. The smallest absolute Gasteiger partial charge is 0.252 e. The van der Waals surface area contributed by atoms with Crippen molar-refractivity contribution >= 4 is 17.2 Å². The standard InChI is InChI=1S/C19H27F2N3OS/c1-10-14(18(25)24-12-2-4-19(20,21)5-3-12)9-17(26-10)15-8-16(15)23-13-6-11(22)7-13/h9,11-13,15-16,23H,2-8,22H2,1H3,(H,24,25). The molecule has 3 aliphatic rings. The van der Waals surface area contributed by atoms with Crippen molar-refractivity contribution < 1.29 is 13.6 Å². The average molecular weight is 384 g/mol. The van der Waals surface area contributed by atoms with Crippen LogP contribution in [0.4, 0.5) is 8.78 Å². The summed E-state index contributed by atoms with van der Waals surface area (Å²) in [5.41, 5.74) is 6.54. The zero-order valence-electron chi connectivity index (χ0n) is 15.1. The van der Waals surface area contributed by atoms with Crippen molar-refractivity contribution in [2.45, 2.75) is 87.9 Å². The van der Waals surface area contributed by atoms with E-state index in [1.54, 1.807) is 11.3 Å². The number of amides is 1. The number of hydrogen-bond donors (Lipinski definition) is 3. The van der Waals surface area contributed by atoms with Crippen molar-refractivity contribution in [1.82, 2.24) is 10.6 Å². The minimum atomic E-state index is -2.56. The van der Waals surface area contributed by atoms with Gasteiger partial charge in [-0.2, -0.15) is 0 Å². The Hall–Kier alpha value is -1.05. The number of carbonyl (C=O) groups excluding carboxylic acids is 1. The predicted octanol–water partition coefficient (Wildman–Crippen LogP) is 3.30. The van der Waals surface area contributed by atoms with Crippen molar-refractivity contribution in [2.24, 2.45) is 5.73 Å². The van der Waals surface area contributed by atoms with Crippen LogP contribution >= 0.6 is 11.3 Å². The van der Waals surface area contributed by atoms with E-state index >= 15 is 0 Å². The van der Waals surface area contributed by atoms with Crippen LogP contribution in [0, 0.1) is 6.92 Å². The van der Waals surface area contributed by atoms with E-state index in [4.69, 9.17) is 5.73 Å². The van der Waals surface area contributed by atoms with Gasteiger partial charge in [-0.3, -0.25) is 4.79 Å². The molecule has 3 saturated carbocycles.